The van der Waals surface area contributed by atoms with Crippen molar-refractivity contribution in [2.24, 2.45) is 0 Å². The molecule has 0 saturated carbocycles. The summed E-state index contributed by atoms with van der Waals surface area (Å²) in [6.07, 6.45) is 3.92. The Labute approximate surface area is 119 Å². The first kappa shape index (κ1) is 14.4. The summed E-state index contributed by atoms with van der Waals surface area (Å²) in [4.78, 5) is 0. The molecule has 0 amide bonds. The second-order valence-electron chi connectivity index (χ2n) is 4.77. The van der Waals surface area contributed by atoms with Crippen LogP contribution in [0.4, 0.5) is 0 Å². The number of aliphatic hydroxyl groups excluding tert-OH is 1. The van der Waals surface area contributed by atoms with Gasteiger partial charge in [0.2, 0.25) is 0 Å². The number of rotatable bonds is 6. The van der Waals surface area contributed by atoms with Crippen LogP contribution in [0.5, 0.6) is 5.75 Å². The van der Waals surface area contributed by atoms with Gasteiger partial charge >= 0.3 is 0 Å². The Morgan fingerprint density at radius 1 is 1.47 bits per heavy atom. The highest BCUT2D eigenvalue weighted by Gasteiger charge is 2.13. The smallest absolute Gasteiger partial charge is 0.127 e. The Bertz CT molecular complexity index is 459. The van der Waals surface area contributed by atoms with Gasteiger partial charge in [0.15, 0.2) is 0 Å². The van der Waals surface area contributed by atoms with Crippen molar-refractivity contribution in [2.45, 2.75) is 25.8 Å². The third-order valence-corrected chi connectivity index (χ3v) is 3.57. The van der Waals surface area contributed by atoms with E-state index in [1.807, 2.05) is 18.2 Å². The summed E-state index contributed by atoms with van der Waals surface area (Å²) in [5.41, 5.74) is 2.23. The number of hydrogen-bond acceptors (Lipinski definition) is 3. The van der Waals surface area contributed by atoms with E-state index in [-0.39, 0.29) is 6.61 Å². The monoisotopic (exact) mass is 281 g/mol. The van der Waals surface area contributed by atoms with Crippen LogP contribution in [0.25, 0.3) is 6.08 Å². The van der Waals surface area contributed by atoms with Crippen LogP contribution in [0.15, 0.2) is 23.8 Å². The average molecular weight is 282 g/mol. The molecule has 0 aromatic heterocycles. The summed E-state index contributed by atoms with van der Waals surface area (Å²) in [6.45, 7) is 3.73. The van der Waals surface area contributed by atoms with E-state index in [1.165, 1.54) is 5.57 Å². The second-order valence-corrected chi connectivity index (χ2v) is 5.21. The molecule has 0 fully saturated rings. The summed E-state index contributed by atoms with van der Waals surface area (Å²) in [7, 11) is 0. The minimum absolute atomic E-state index is 0.222. The zero-order valence-corrected chi connectivity index (χ0v) is 11.9. The zero-order chi connectivity index (χ0) is 13.7. The minimum atomic E-state index is 0.222. The van der Waals surface area contributed by atoms with Gasteiger partial charge in [-0.05, 0) is 42.7 Å². The van der Waals surface area contributed by atoms with Crippen LogP contribution in [-0.4, -0.2) is 30.9 Å². The van der Waals surface area contributed by atoms with E-state index in [2.05, 4.69) is 18.3 Å². The molecule has 19 heavy (non-hydrogen) atoms. The molecule has 1 unspecified atom stereocenters. The molecule has 0 aliphatic carbocycles. The Kier molecular flexibility index (Phi) is 5.25. The third-order valence-electron chi connectivity index (χ3n) is 3.33. The van der Waals surface area contributed by atoms with Gasteiger partial charge in [-0.1, -0.05) is 18.5 Å². The van der Waals surface area contributed by atoms with E-state index in [0.717, 1.165) is 35.7 Å². The standard InChI is InChI=1S/C15H20ClNO2/c1-2-14(5-6-18)17-9-11-7-12-8-13(16)3-4-15(12)19-10-11/h3-4,7-8,14,17-18H,2,5-6,9-10H2,1H3. The van der Waals surface area contributed by atoms with Crippen LogP contribution in [0.1, 0.15) is 25.3 Å². The number of nitrogens with one attached hydrogen (secondary N) is 1. The molecule has 0 bridgehead atoms. The van der Waals surface area contributed by atoms with E-state index in [9.17, 15) is 0 Å². The van der Waals surface area contributed by atoms with E-state index in [1.54, 1.807) is 0 Å². The van der Waals surface area contributed by atoms with E-state index in [4.69, 9.17) is 21.4 Å². The molecule has 2 rings (SSSR count). The van der Waals surface area contributed by atoms with Gasteiger partial charge in [-0.25, -0.2) is 0 Å². The van der Waals surface area contributed by atoms with Crippen molar-refractivity contribution in [3.05, 3.63) is 34.4 Å². The Hall–Kier alpha value is -1.03. The molecule has 2 N–H and O–H groups in total. The van der Waals surface area contributed by atoms with Gasteiger partial charge in [-0.15, -0.1) is 0 Å². The Morgan fingerprint density at radius 2 is 2.32 bits per heavy atom. The molecule has 104 valence electrons. The van der Waals surface area contributed by atoms with Crippen molar-refractivity contribution in [1.29, 1.82) is 0 Å². The largest absolute Gasteiger partial charge is 0.489 e. The zero-order valence-electron chi connectivity index (χ0n) is 11.2. The van der Waals surface area contributed by atoms with Gasteiger partial charge in [-0.2, -0.15) is 0 Å². The molecule has 0 spiro atoms. The molecule has 1 aromatic rings. The number of ether oxygens (including phenoxy) is 1. The van der Waals surface area contributed by atoms with Gasteiger partial charge in [0, 0.05) is 29.8 Å². The van der Waals surface area contributed by atoms with Crippen molar-refractivity contribution in [2.75, 3.05) is 19.8 Å². The van der Waals surface area contributed by atoms with Crippen LogP contribution in [-0.2, 0) is 0 Å². The van der Waals surface area contributed by atoms with Gasteiger partial charge in [0.05, 0.1) is 0 Å². The fourth-order valence-electron chi connectivity index (χ4n) is 2.18. The molecule has 3 nitrogen and oxygen atoms in total. The lowest BCUT2D eigenvalue weighted by molar-refractivity contribution is 0.263. The number of benzene rings is 1. The minimum Gasteiger partial charge on any atom is -0.489 e. The van der Waals surface area contributed by atoms with Crippen molar-refractivity contribution in [3.63, 3.8) is 0 Å². The molecule has 0 radical (unpaired) electrons. The molecule has 4 heteroatoms. The van der Waals surface area contributed by atoms with E-state index >= 15 is 0 Å². The maximum Gasteiger partial charge on any atom is 0.127 e. The van der Waals surface area contributed by atoms with Gasteiger partial charge in [-0.3, -0.25) is 0 Å². The third kappa shape index (κ3) is 3.96. The highest BCUT2D eigenvalue weighted by atomic mass is 35.5. The molecule has 1 heterocycles. The number of halogens is 1. The Morgan fingerprint density at radius 3 is 3.05 bits per heavy atom. The SMILES string of the molecule is CCC(CCO)NCC1=Cc2cc(Cl)ccc2OC1. The van der Waals surface area contributed by atoms with Gasteiger partial charge in [0.1, 0.15) is 12.4 Å². The summed E-state index contributed by atoms with van der Waals surface area (Å²) in [6, 6.07) is 6.01. The molecule has 1 aliphatic heterocycles. The van der Waals surface area contributed by atoms with E-state index < -0.39 is 0 Å². The maximum absolute atomic E-state index is 8.97. The predicted octanol–water partition coefficient (Wildman–Crippen LogP) is 2.87. The quantitative estimate of drug-likeness (QED) is 0.842. The number of fused-ring (bicyclic) bond motifs is 1. The van der Waals surface area contributed by atoms with Crippen molar-refractivity contribution in [1.82, 2.24) is 5.32 Å². The molecular weight excluding hydrogens is 262 g/mol. The molecule has 1 atom stereocenters. The van der Waals surface area contributed by atoms with Crippen LogP contribution in [0.2, 0.25) is 5.02 Å². The molecule has 0 saturated heterocycles. The summed E-state index contributed by atoms with van der Waals surface area (Å²) < 4.78 is 5.70. The number of hydrogen-bond donors (Lipinski definition) is 2. The highest BCUT2D eigenvalue weighted by Crippen LogP contribution is 2.28. The normalized spacial score (nSPS) is 15.4. The maximum atomic E-state index is 8.97. The first-order valence-corrected chi connectivity index (χ1v) is 7.06. The van der Waals surface area contributed by atoms with Crippen LogP contribution >= 0.6 is 11.6 Å². The molecule has 1 aliphatic rings. The lowest BCUT2D eigenvalue weighted by atomic mass is 10.1. The first-order valence-electron chi connectivity index (χ1n) is 6.69. The summed E-state index contributed by atoms with van der Waals surface area (Å²) >= 11 is 5.99. The van der Waals surface area contributed by atoms with E-state index in [0.29, 0.717) is 12.6 Å². The lowest BCUT2D eigenvalue weighted by Crippen LogP contribution is -2.32. The summed E-state index contributed by atoms with van der Waals surface area (Å²) in [5.74, 6) is 0.885. The second kappa shape index (κ2) is 6.94. The van der Waals surface area contributed by atoms with Crippen molar-refractivity contribution >= 4 is 17.7 Å². The fourth-order valence-corrected chi connectivity index (χ4v) is 2.36. The summed E-state index contributed by atoms with van der Waals surface area (Å²) in [5, 5.41) is 13.1. The average Bonchev–Trinajstić information content (AvgIpc) is 2.43. The van der Waals surface area contributed by atoms with Crippen molar-refractivity contribution in [3.8, 4) is 5.75 Å². The molecular formula is C15H20ClNO2. The molecule has 1 aromatic carbocycles. The van der Waals surface area contributed by atoms with Gasteiger partial charge < -0.3 is 15.2 Å². The fraction of sp³-hybridized carbons (Fsp3) is 0.467. The highest BCUT2D eigenvalue weighted by molar-refractivity contribution is 6.30. The predicted molar refractivity (Wildman–Crippen MR) is 78.7 cm³/mol. The topological polar surface area (TPSA) is 41.5 Å². The number of aliphatic hydroxyl groups is 1. The lowest BCUT2D eigenvalue weighted by Gasteiger charge is -2.21. The van der Waals surface area contributed by atoms with Crippen LogP contribution < -0.4 is 10.1 Å². The Balaban J connectivity index is 1.99. The van der Waals surface area contributed by atoms with Crippen molar-refractivity contribution < 1.29 is 9.84 Å². The van der Waals surface area contributed by atoms with Crippen LogP contribution in [0.3, 0.4) is 0 Å². The van der Waals surface area contributed by atoms with Gasteiger partial charge in [0.25, 0.3) is 0 Å². The van der Waals surface area contributed by atoms with Crippen LogP contribution in [0, 0.1) is 0 Å². The first-order chi connectivity index (χ1) is 9.22.